The van der Waals surface area contributed by atoms with E-state index in [2.05, 4.69) is 38.3 Å². The van der Waals surface area contributed by atoms with Crippen LogP contribution in [0.15, 0.2) is 0 Å². The first-order valence-electron chi connectivity index (χ1n) is 8.71. The molecular formula is C18H36N2O2. The lowest BCUT2D eigenvalue weighted by Crippen LogP contribution is -2.50. The van der Waals surface area contributed by atoms with E-state index < -0.39 is 5.60 Å². The summed E-state index contributed by atoms with van der Waals surface area (Å²) in [5.74, 6) is 0.472. The molecule has 0 aromatic rings. The Morgan fingerprint density at radius 1 is 1.32 bits per heavy atom. The molecule has 1 rings (SSSR count). The monoisotopic (exact) mass is 312 g/mol. The minimum Gasteiger partial charge on any atom is -0.444 e. The summed E-state index contributed by atoms with van der Waals surface area (Å²) in [7, 11) is 0. The molecular weight excluding hydrogens is 276 g/mol. The molecule has 0 spiro atoms. The summed E-state index contributed by atoms with van der Waals surface area (Å²) in [6.45, 7) is 15.4. The first kappa shape index (κ1) is 19.3. The van der Waals surface area contributed by atoms with Crippen molar-refractivity contribution in [1.29, 1.82) is 0 Å². The largest absolute Gasteiger partial charge is 0.444 e. The van der Waals surface area contributed by atoms with E-state index in [0.29, 0.717) is 23.9 Å². The van der Waals surface area contributed by atoms with Crippen LogP contribution in [-0.4, -0.2) is 30.3 Å². The fraction of sp³-hybridized carbons (Fsp3) is 0.944. The van der Waals surface area contributed by atoms with Gasteiger partial charge in [-0.1, -0.05) is 34.1 Å². The number of amides is 1. The SMILES string of the molecule is CC(C)C(CNC(=O)OC(C)(C)C)NC1CCCC(C)(C)C1. The van der Waals surface area contributed by atoms with Gasteiger partial charge >= 0.3 is 6.09 Å². The topological polar surface area (TPSA) is 50.4 Å². The van der Waals surface area contributed by atoms with Crippen LogP contribution in [0.25, 0.3) is 0 Å². The van der Waals surface area contributed by atoms with Gasteiger partial charge in [-0.2, -0.15) is 0 Å². The van der Waals surface area contributed by atoms with Crippen molar-refractivity contribution < 1.29 is 9.53 Å². The van der Waals surface area contributed by atoms with E-state index in [0.717, 1.165) is 0 Å². The quantitative estimate of drug-likeness (QED) is 0.803. The summed E-state index contributed by atoms with van der Waals surface area (Å²) in [6.07, 6.45) is 4.72. The predicted octanol–water partition coefficient (Wildman–Crippen LogP) is 4.09. The molecule has 1 fully saturated rings. The maximum absolute atomic E-state index is 11.8. The highest BCUT2D eigenvalue weighted by Crippen LogP contribution is 2.35. The third kappa shape index (κ3) is 7.48. The van der Waals surface area contributed by atoms with Crippen molar-refractivity contribution in [2.24, 2.45) is 11.3 Å². The molecule has 2 unspecified atom stereocenters. The van der Waals surface area contributed by atoms with Crippen LogP contribution in [0, 0.1) is 11.3 Å². The van der Waals surface area contributed by atoms with Gasteiger partial charge in [0.2, 0.25) is 0 Å². The van der Waals surface area contributed by atoms with Crippen molar-refractivity contribution in [2.75, 3.05) is 6.54 Å². The number of alkyl carbamates (subject to hydrolysis) is 1. The Kier molecular flexibility index (Phi) is 6.72. The Hall–Kier alpha value is -0.770. The number of carbonyl (C=O) groups excluding carboxylic acids is 1. The predicted molar refractivity (Wildman–Crippen MR) is 92.0 cm³/mol. The van der Waals surface area contributed by atoms with Crippen LogP contribution >= 0.6 is 0 Å². The molecule has 1 aliphatic carbocycles. The summed E-state index contributed by atoms with van der Waals surface area (Å²) in [5, 5.41) is 6.67. The molecule has 0 radical (unpaired) electrons. The second-order valence-electron chi connectivity index (χ2n) is 8.86. The molecule has 2 atom stereocenters. The summed E-state index contributed by atoms with van der Waals surface area (Å²) in [5.41, 5.74) is -0.0196. The van der Waals surface area contributed by atoms with Crippen molar-refractivity contribution in [3.05, 3.63) is 0 Å². The van der Waals surface area contributed by atoms with Crippen LogP contribution in [0.4, 0.5) is 4.79 Å². The van der Waals surface area contributed by atoms with E-state index in [-0.39, 0.29) is 12.1 Å². The Bertz CT molecular complexity index is 359. The van der Waals surface area contributed by atoms with Crippen LogP contribution in [0.1, 0.15) is 74.1 Å². The molecule has 4 heteroatoms. The van der Waals surface area contributed by atoms with E-state index in [4.69, 9.17) is 4.74 Å². The summed E-state index contributed by atoms with van der Waals surface area (Å²) < 4.78 is 5.31. The van der Waals surface area contributed by atoms with Crippen LogP contribution in [0.2, 0.25) is 0 Å². The minimum absolute atomic E-state index is 0.284. The third-order valence-electron chi connectivity index (χ3n) is 4.32. The van der Waals surface area contributed by atoms with Crippen molar-refractivity contribution in [1.82, 2.24) is 10.6 Å². The average molecular weight is 312 g/mol. The zero-order valence-electron chi connectivity index (χ0n) is 15.6. The average Bonchev–Trinajstić information content (AvgIpc) is 2.30. The van der Waals surface area contributed by atoms with Crippen molar-refractivity contribution in [3.8, 4) is 0 Å². The first-order chi connectivity index (χ1) is 9.98. The summed E-state index contributed by atoms with van der Waals surface area (Å²) in [6, 6.07) is 0.836. The Balaban J connectivity index is 2.47. The summed E-state index contributed by atoms with van der Waals surface area (Å²) >= 11 is 0. The molecule has 1 aliphatic rings. The van der Waals surface area contributed by atoms with Crippen LogP contribution in [0.5, 0.6) is 0 Å². The zero-order valence-corrected chi connectivity index (χ0v) is 15.6. The second-order valence-corrected chi connectivity index (χ2v) is 8.86. The fourth-order valence-electron chi connectivity index (χ4n) is 3.14. The Morgan fingerprint density at radius 3 is 2.45 bits per heavy atom. The number of carbonyl (C=O) groups is 1. The van der Waals surface area contributed by atoms with E-state index >= 15 is 0 Å². The van der Waals surface area contributed by atoms with Gasteiger partial charge in [0.25, 0.3) is 0 Å². The van der Waals surface area contributed by atoms with E-state index in [1.165, 1.54) is 25.7 Å². The standard InChI is InChI=1S/C18H36N2O2/c1-13(2)15(12-19-16(21)22-17(3,4)5)20-14-9-8-10-18(6,7)11-14/h13-15,20H,8-12H2,1-7H3,(H,19,21). The molecule has 4 nitrogen and oxygen atoms in total. The molecule has 1 saturated carbocycles. The molecule has 130 valence electrons. The lowest BCUT2D eigenvalue weighted by Gasteiger charge is -2.38. The molecule has 0 bridgehead atoms. The maximum Gasteiger partial charge on any atom is 0.407 e. The van der Waals surface area contributed by atoms with Gasteiger partial charge in [0.05, 0.1) is 0 Å². The molecule has 0 saturated heterocycles. The number of hydrogen-bond donors (Lipinski definition) is 2. The van der Waals surface area contributed by atoms with Crippen LogP contribution < -0.4 is 10.6 Å². The maximum atomic E-state index is 11.8. The highest BCUT2D eigenvalue weighted by Gasteiger charge is 2.30. The van der Waals surface area contributed by atoms with Crippen molar-refractivity contribution in [3.63, 3.8) is 0 Å². The van der Waals surface area contributed by atoms with Crippen LogP contribution in [0.3, 0.4) is 0 Å². The lowest BCUT2D eigenvalue weighted by atomic mass is 9.75. The number of nitrogens with one attached hydrogen (secondary N) is 2. The third-order valence-corrected chi connectivity index (χ3v) is 4.32. The van der Waals surface area contributed by atoms with Gasteiger partial charge in [-0.3, -0.25) is 0 Å². The summed E-state index contributed by atoms with van der Waals surface area (Å²) in [4.78, 5) is 11.8. The molecule has 0 aromatic heterocycles. The molecule has 0 heterocycles. The van der Waals surface area contributed by atoms with E-state index in [1.807, 2.05) is 20.8 Å². The number of ether oxygens (including phenoxy) is 1. The van der Waals surface area contributed by atoms with E-state index in [1.54, 1.807) is 0 Å². The van der Waals surface area contributed by atoms with Crippen molar-refractivity contribution >= 4 is 6.09 Å². The first-order valence-corrected chi connectivity index (χ1v) is 8.71. The normalized spacial score (nSPS) is 23.2. The van der Waals surface area contributed by atoms with Gasteiger partial charge in [-0.15, -0.1) is 0 Å². The van der Waals surface area contributed by atoms with Gasteiger partial charge < -0.3 is 15.4 Å². The Morgan fingerprint density at radius 2 is 1.95 bits per heavy atom. The van der Waals surface area contributed by atoms with Gasteiger partial charge in [0.15, 0.2) is 0 Å². The smallest absolute Gasteiger partial charge is 0.407 e. The molecule has 2 N–H and O–H groups in total. The minimum atomic E-state index is -0.446. The molecule has 22 heavy (non-hydrogen) atoms. The van der Waals surface area contributed by atoms with Crippen LogP contribution in [-0.2, 0) is 4.74 Å². The van der Waals surface area contributed by atoms with Gasteiger partial charge in [-0.25, -0.2) is 4.79 Å². The molecule has 1 amide bonds. The molecule has 0 aliphatic heterocycles. The molecule has 0 aromatic carbocycles. The highest BCUT2D eigenvalue weighted by atomic mass is 16.6. The highest BCUT2D eigenvalue weighted by molar-refractivity contribution is 5.67. The Labute approximate surface area is 136 Å². The fourth-order valence-corrected chi connectivity index (χ4v) is 3.14. The number of rotatable bonds is 5. The van der Waals surface area contributed by atoms with Crippen molar-refractivity contribution in [2.45, 2.75) is 91.8 Å². The van der Waals surface area contributed by atoms with Gasteiger partial charge in [0.1, 0.15) is 5.60 Å². The zero-order chi connectivity index (χ0) is 17.0. The van der Waals surface area contributed by atoms with Gasteiger partial charge in [0, 0.05) is 18.6 Å². The second kappa shape index (κ2) is 7.67. The lowest BCUT2D eigenvalue weighted by molar-refractivity contribution is 0.0516. The number of hydrogen-bond acceptors (Lipinski definition) is 3. The van der Waals surface area contributed by atoms with Gasteiger partial charge in [-0.05, 0) is 51.4 Å². The van der Waals surface area contributed by atoms with E-state index in [9.17, 15) is 4.79 Å².